The lowest BCUT2D eigenvalue weighted by Gasteiger charge is -2.05. The highest BCUT2D eigenvalue weighted by molar-refractivity contribution is 7.07. The Bertz CT molecular complexity index is 473. The molecule has 0 atom stereocenters. The van der Waals surface area contributed by atoms with E-state index in [1.807, 2.05) is 0 Å². The molecule has 2 aromatic rings. The van der Waals surface area contributed by atoms with E-state index in [9.17, 15) is 0 Å². The number of nitrogens with zero attached hydrogens (tertiary/aromatic N) is 3. The summed E-state index contributed by atoms with van der Waals surface area (Å²) in [6.45, 7) is 0.883. The van der Waals surface area contributed by atoms with Crippen molar-refractivity contribution in [2.75, 3.05) is 0 Å². The van der Waals surface area contributed by atoms with Crippen molar-refractivity contribution in [2.45, 2.75) is 31.7 Å². The van der Waals surface area contributed by atoms with Crippen LogP contribution in [0.3, 0.4) is 0 Å². The summed E-state index contributed by atoms with van der Waals surface area (Å²) in [4.78, 5) is 0. The molecule has 2 aromatic heterocycles. The van der Waals surface area contributed by atoms with Crippen LogP contribution >= 0.6 is 22.9 Å². The minimum atomic E-state index is 0.525. The first-order valence-electron chi connectivity index (χ1n) is 5.44. The zero-order chi connectivity index (χ0) is 11.0. The predicted molar refractivity (Wildman–Crippen MR) is 65.0 cm³/mol. The van der Waals surface area contributed by atoms with E-state index in [-0.39, 0.29) is 0 Å². The normalized spacial score (nSPS) is 15.6. The number of halogens is 1. The lowest BCUT2D eigenvalue weighted by atomic mass is 10.2. The lowest BCUT2D eigenvalue weighted by Crippen LogP contribution is -2.05. The standard InChI is InChI=1S/C11H12ClN3S/c12-11-14-13-10(9-1-2-9)15(11)5-3-8-4-6-16-7-8/h4,6-7,9H,1-3,5H2. The minimum Gasteiger partial charge on any atom is -0.301 e. The van der Waals surface area contributed by atoms with Crippen molar-refractivity contribution in [2.24, 2.45) is 0 Å². The molecular formula is C11H12ClN3S. The molecule has 0 radical (unpaired) electrons. The van der Waals surface area contributed by atoms with E-state index in [1.54, 1.807) is 11.3 Å². The molecule has 1 fully saturated rings. The van der Waals surface area contributed by atoms with Gasteiger partial charge in [-0.05, 0) is 53.3 Å². The first kappa shape index (κ1) is 10.3. The van der Waals surface area contributed by atoms with Crippen LogP contribution in [0.4, 0.5) is 0 Å². The molecular weight excluding hydrogens is 242 g/mol. The van der Waals surface area contributed by atoms with Crippen LogP contribution in [0, 0.1) is 0 Å². The van der Waals surface area contributed by atoms with Gasteiger partial charge in [0.2, 0.25) is 5.28 Å². The van der Waals surface area contributed by atoms with E-state index in [2.05, 4.69) is 31.6 Å². The lowest BCUT2D eigenvalue weighted by molar-refractivity contribution is 0.654. The third-order valence-corrected chi connectivity index (χ3v) is 3.89. The van der Waals surface area contributed by atoms with E-state index in [4.69, 9.17) is 11.6 Å². The van der Waals surface area contributed by atoms with E-state index >= 15 is 0 Å². The molecule has 16 heavy (non-hydrogen) atoms. The van der Waals surface area contributed by atoms with Gasteiger partial charge in [0.15, 0.2) is 0 Å². The Labute approximate surface area is 103 Å². The van der Waals surface area contributed by atoms with E-state index in [0.29, 0.717) is 11.2 Å². The summed E-state index contributed by atoms with van der Waals surface area (Å²) in [7, 11) is 0. The van der Waals surface area contributed by atoms with E-state index in [1.165, 1.54) is 18.4 Å². The zero-order valence-corrected chi connectivity index (χ0v) is 10.3. The fourth-order valence-corrected chi connectivity index (χ4v) is 2.73. The van der Waals surface area contributed by atoms with Gasteiger partial charge >= 0.3 is 0 Å². The molecule has 0 spiro atoms. The van der Waals surface area contributed by atoms with Crippen molar-refractivity contribution < 1.29 is 0 Å². The first-order chi connectivity index (χ1) is 7.84. The Kier molecular flexibility index (Phi) is 2.69. The van der Waals surface area contributed by atoms with Crippen LogP contribution in [0.15, 0.2) is 16.8 Å². The highest BCUT2D eigenvalue weighted by Gasteiger charge is 2.29. The molecule has 0 aliphatic heterocycles. The molecule has 5 heteroatoms. The van der Waals surface area contributed by atoms with Gasteiger partial charge in [-0.3, -0.25) is 0 Å². The molecule has 3 rings (SSSR count). The highest BCUT2D eigenvalue weighted by Crippen LogP contribution is 2.39. The highest BCUT2D eigenvalue weighted by atomic mass is 35.5. The van der Waals surface area contributed by atoms with Gasteiger partial charge in [0.1, 0.15) is 5.82 Å². The topological polar surface area (TPSA) is 30.7 Å². The van der Waals surface area contributed by atoms with Crippen LogP contribution in [0.2, 0.25) is 5.28 Å². The van der Waals surface area contributed by atoms with E-state index < -0.39 is 0 Å². The van der Waals surface area contributed by atoms with Crippen molar-refractivity contribution in [1.82, 2.24) is 14.8 Å². The van der Waals surface area contributed by atoms with Crippen LogP contribution in [0.5, 0.6) is 0 Å². The molecule has 0 amide bonds. The smallest absolute Gasteiger partial charge is 0.225 e. The number of thiophene rings is 1. The Morgan fingerprint density at radius 1 is 1.44 bits per heavy atom. The maximum atomic E-state index is 6.05. The number of hydrogen-bond donors (Lipinski definition) is 0. The van der Waals surface area contributed by atoms with Crippen LogP contribution in [-0.4, -0.2) is 14.8 Å². The summed E-state index contributed by atoms with van der Waals surface area (Å²) >= 11 is 7.78. The second kappa shape index (κ2) is 4.18. The monoisotopic (exact) mass is 253 g/mol. The maximum Gasteiger partial charge on any atom is 0.225 e. The molecule has 1 aliphatic carbocycles. The SMILES string of the molecule is Clc1nnc(C2CC2)n1CCc1ccsc1. The molecule has 0 N–H and O–H groups in total. The van der Waals surface area contributed by atoms with Gasteiger partial charge in [-0.15, -0.1) is 10.2 Å². The molecule has 84 valence electrons. The van der Waals surface area contributed by atoms with Gasteiger partial charge in [0, 0.05) is 12.5 Å². The zero-order valence-electron chi connectivity index (χ0n) is 8.77. The summed E-state index contributed by atoms with van der Waals surface area (Å²) in [5.41, 5.74) is 1.36. The Morgan fingerprint density at radius 3 is 3.00 bits per heavy atom. The van der Waals surface area contributed by atoms with Crippen molar-refractivity contribution in [3.05, 3.63) is 33.5 Å². The predicted octanol–water partition coefficient (Wildman–Crippen LogP) is 3.11. The molecule has 0 aromatic carbocycles. The van der Waals surface area contributed by atoms with Crippen LogP contribution < -0.4 is 0 Å². The quantitative estimate of drug-likeness (QED) is 0.838. The second-order valence-electron chi connectivity index (χ2n) is 4.13. The van der Waals surface area contributed by atoms with Crippen molar-refractivity contribution in [1.29, 1.82) is 0 Å². The van der Waals surface area contributed by atoms with Gasteiger partial charge in [-0.1, -0.05) is 0 Å². The van der Waals surface area contributed by atoms with Gasteiger partial charge in [-0.2, -0.15) is 11.3 Å². The third-order valence-electron chi connectivity index (χ3n) is 2.88. The van der Waals surface area contributed by atoms with Crippen molar-refractivity contribution in [3.63, 3.8) is 0 Å². The van der Waals surface area contributed by atoms with Gasteiger partial charge in [-0.25, -0.2) is 0 Å². The second-order valence-corrected chi connectivity index (χ2v) is 5.25. The number of aryl methyl sites for hydroxylation is 1. The van der Waals surface area contributed by atoms with Crippen LogP contribution in [0.25, 0.3) is 0 Å². The molecule has 0 saturated heterocycles. The summed E-state index contributed by atoms with van der Waals surface area (Å²) < 4.78 is 2.05. The average Bonchev–Trinajstić information content (AvgIpc) is 2.87. The minimum absolute atomic E-state index is 0.525. The molecule has 0 bridgehead atoms. The molecule has 2 heterocycles. The maximum absolute atomic E-state index is 6.05. The van der Waals surface area contributed by atoms with Crippen LogP contribution in [-0.2, 0) is 13.0 Å². The molecule has 1 saturated carbocycles. The Morgan fingerprint density at radius 2 is 2.31 bits per heavy atom. The first-order valence-corrected chi connectivity index (χ1v) is 6.76. The number of aromatic nitrogens is 3. The Hall–Kier alpha value is -0.870. The summed E-state index contributed by atoms with van der Waals surface area (Å²) in [6, 6.07) is 2.15. The van der Waals surface area contributed by atoms with Crippen molar-refractivity contribution >= 4 is 22.9 Å². The third kappa shape index (κ3) is 1.99. The fraction of sp³-hybridized carbons (Fsp3) is 0.455. The fourth-order valence-electron chi connectivity index (χ4n) is 1.82. The van der Waals surface area contributed by atoms with Gasteiger partial charge in [0.25, 0.3) is 0 Å². The molecule has 1 aliphatic rings. The summed E-state index contributed by atoms with van der Waals surface area (Å²) in [5.74, 6) is 1.67. The molecule has 3 nitrogen and oxygen atoms in total. The largest absolute Gasteiger partial charge is 0.301 e. The summed E-state index contributed by atoms with van der Waals surface area (Å²) in [5, 5.41) is 12.9. The average molecular weight is 254 g/mol. The summed E-state index contributed by atoms with van der Waals surface area (Å²) in [6.07, 6.45) is 3.46. The number of rotatable bonds is 4. The van der Waals surface area contributed by atoms with Gasteiger partial charge < -0.3 is 4.57 Å². The van der Waals surface area contributed by atoms with Crippen LogP contribution in [0.1, 0.15) is 30.1 Å². The Balaban J connectivity index is 1.75. The number of hydrogen-bond acceptors (Lipinski definition) is 3. The van der Waals surface area contributed by atoms with Gasteiger partial charge in [0.05, 0.1) is 0 Å². The molecule has 0 unspecified atom stereocenters. The van der Waals surface area contributed by atoms with E-state index in [0.717, 1.165) is 18.8 Å². The van der Waals surface area contributed by atoms with Crippen molar-refractivity contribution in [3.8, 4) is 0 Å².